The summed E-state index contributed by atoms with van der Waals surface area (Å²) in [6.45, 7) is 6.63. The molecule has 5 nitrogen and oxygen atoms in total. The second-order valence-corrected chi connectivity index (χ2v) is 8.65. The molecule has 0 fully saturated rings. The zero-order valence-corrected chi connectivity index (χ0v) is 20.9. The monoisotopic (exact) mass is 565 g/mol. The summed E-state index contributed by atoms with van der Waals surface area (Å²) in [5, 5.41) is 18.9. The minimum atomic E-state index is -1.01. The third-order valence-corrected chi connectivity index (χ3v) is 5.71. The van der Waals surface area contributed by atoms with E-state index in [0.717, 1.165) is 20.3 Å². The summed E-state index contributed by atoms with van der Waals surface area (Å²) in [6, 6.07) is 20.4. The number of halogens is 1. The molecule has 0 spiro atoms. The van der Waals surface area contributed by atoms with Gasteiger partial charge in [-0.15, -0.1) is 6.58 Å². The largest absolute Gasteiger partial charge is 0.490 e. The van der Waals surface area contributed by atoms with Gasteiger partial charge in [0.1, 0.15) is 6.61 Å². The van der Waals surface area contributed by atoms with Crippen LogP contribution in [0.2, 0.25) is 0 Å². The second kappa shape index (κ2) is 12.1. The van der Waals surface area contributed by atoms with Crippen LogP contribution in [0, 0.1) is 14.9 Å². The number of hydrogen-bond acceptors (Lipinski definition) is 4. The Balaban J connectivity index is 1.98. The summed E-state index contributed by atoms with van der Waals surface area (Å²) in [4.78, 5) is 11.1. The first-order valence-electron chi connectivity index (χ1n) is 10.7. The van der Waals surface area contributed by atoms with Crippen molar-refractivity contribution >= 4 is 40.2 Å². The number of rotatable bonds is 10. The van der Waals surface area contributed by atoms with Gasteiger partial charge in [-0.25, -0.2) is 4.79 Å². The predicted octanol–water partition coefficient (Wildman–Crippen LogP) is 6.76. The average Bonchev–Trinajstić information content (AvgIpc) is 2.83. The Morgan fingerprint density at radius 1 is 1.09 bits per heavy atom. The highest BCUT2D eigenvalue weighted by Gasteiger charge is 2.14. The van der Waals surface area contributed by atoms with Crippen molar-refractivity contribution in [3.05, 3.63) is 105 Å². The summed E-state index contributed by atoms with van der Waals surface area (Å²) in [5.41, 5.74) is 3.94. The fourth-order valence-electron chi connectivity index (χ4n) is 3.38. The Hall–Kier alpha value is -3.57. The van der Waals surface area contributed by atoms with Gasteiger partial charge in [0.25, 0.3) is 0 Å². The van der Waals surface area contributed by atoms with Crippen molar-refractivity contribution in [2.75, 3.05) is 6.61 Å². The van der Waals surface area contributed by atoms with Crippen molar-refractivity contribution in [2.45, 2.75) is 20.0 Å². The van der Waals surface area contributed by atoms with Crippen molar-refractivity contribution in [1.29, 1.82) is 5.26 Å². The lowest BCUT2D eigenvalue weighted by Crippen LogP contribution is -2.03. The van der Waals surface area contributed by atoms with Gasteiger partial charge in [0, 0.05) is 9.13 Å². The summed E-state index contributed by atoms with van der Waals surface area (Å²) in [7, 11) is 0. The summed E-state index contributed by atoms with van der Waals surface area (Å²) in [5.74, 6) is 0.240. The fourth-order valence-corrected chi connectivity index (χ4v) is 3.74. The molecule has 3 aromatic rings. The van der Waals surface area contributed by atoms with E-state index >= 15 is 0 Å². The van der Waals surface area contributed by atoms with Gasteiger partial charge in [0.2, 0.25) is 0 Å². The van der Waals surface area contributed by atoms with Crippen LogP contribution >= 0.6 is 22.6 Å². The van der Waals surface area contributed by atoms with Crippen LogP contribution in [-0.4, -0.2) is 17.7 Å². The maximum atomic E-state index is 11.1. The standard InChI is InChI=1S/C28H24INO4/c1-3-5-23-14-20(15-24(17-30)21-8-10-22(11-9-21)28(31)32)16-26(33-4-2)27(23)34-18-19-6-12-25(29)13-7-19/h3,6-16H,1,4-5,18H2,2H3,(H,31,32)/b24-15-. The molecule has 0 bridgehead atoms. The van der Waals surface area contributed by atoms with Gasteiger partial charge in [-0.1, -0.05) is 30.3 Å². The number of nitriles is 1. The molecule has 0 aliphatic rings. The number of allylic oxidation sites excluding steroid dienone is 2. The average molecular weight is 565 g/mol. The van der Waals surface area contributed by atoms with Crippen LogP contribution in [0.5, 0.6) is 11.5 Å². The fraction of sp³-hybridized carbons (Fsp3) is 0.143. The van der Waals surface area contributed by atoms with Crippen molar-refractivity contribution in [2.24, 2.45) is 0 Å². The topological polar surface area (TPSA) is 79.6 Å². The van der Waals surface area contributed by atoms with Crippen LogP contribution in [0.1, 0.15) is 39.5 Å². The number of nitrogens with zero attached hydrogens (tertiary/aromatic N) is 1. The molecular formula is C28H24INO4. The Kier molecular flexibility index (Phi) is 8.88. The third kappa shape index (κ3) is 6.49. The van der Waals surface area contributed by atoms with Crippen molar-refractivity contribution in [3.63, 3.8) is 0 Å². The quantitative estimate of drug-likeness (QED) is 0.127. The van der Waals surface area contributed by atoms with Crippen LogP contribution < -0.4 is 9.47 Å². The first-order chi connectivity index (χ1) is 16.4. The Morgan fingerprint density at radius 3 is 2.35 bits per heavy atom. The van der Waals surface area contributed by atoms with E-state index < -0.39 is 5.97 Å². The van der Waals surface area contributed by atoms with E-state index in [-0.39, 0.29) is 5.56 Å². The van der Waals surface area contributed by atoms with Gasteiger partial charge < -0.3 is 14.6 Å². The zero-order chi connectivity index (χ0) is 24.5. The summed E-state index contributed by atoms with van der Waals surface area (Å²) in [6.07, 6.45) is 4.12. The maximum absolute atomic E-state index is 11.1. The lowest BCUT2D eigenvalue weighted by Gasteiger charge is -2.17. The van der Waals surface area contributed by atoms with E-state index in [1.807, 2.05) is 43.3 Å². The Bertz CT molecular complexity index is 1240. The van der Waals surface area contributed by atoms with Crippen LogP contribution in [0.4, 0.5) is 0 Å². The molecule has 0 atom stereocenters. The van der Waals surface area contributed by atoms with Crippen LogP contribution in [-0.2, 0) is 13.0 Å². The van der Waals surface area contributed by atoms with Gasteiger partial charge >= 0.3 is 5.97 Å². The molecule has 0 heterocycles. The van der Waals surface area contributed by atoms with E-state index in [1.54, 1.807) is 24.3 Å². The van der Waals surface area contributed by atoms with Crippen molar-refractivity contribution < 1.29 is 19.4 Å². The molecule has 0 amide bonds. The minimum Gasteiger partial charge on any atom is -0.490 e. The molecule has 3 aromatic carbocycles. The Morgan fingerprint density at radius 2 is 1.76 bits per heavy atom. The normalized spacial score (nSPS) is 10.9. The van der Waals surface area contributed by atoms with Crippen LogP contribution in [0.25, 0.3) is 11.6 Å². The van der Waals surface area contributed by atoms with Crippen molar-refractivity contribution in [1.82, 2.24) is 0 Å². The van der Waals surface area contributed by atoms with E-state index in [4.69, 9.17) is 14.6 Å². The molecule has 34 heavy (non-hydrogen) atoms. The van der Waals surface area contributed by atoms with E-state index in [9.17, 15) is 10.1 Å². The number of ether oxygens (including phenoxy) is 2. The van der Waals surface area contributed by atoms with Crippen LogP contribution in [0.3, 0.4) is 0 Å². The number of aromatic carboxylic acids is 1. The molecule has 172 valence electrons. The SMILES string of the molecule is C=CCc1cc(/C=C(/C#N)c2ccc(C(=O)O)cc2)cc(OCC)c1OCc1ccc(I)cc1. The number of carboxylic acids is 1. The first-order valence-corrected chi connectivity index (χ1v) is 11.8. The molecule has 0 saturated heterocycles. The van der Waals surface area contributed by atoms with Crippen molar-refractivity contribution in [3.8, 4) is 17.6 Å². The number of hydrogen-bond donors (Lipinski definition) is 1. The molecule has 0 radical (unpaired) electrons. The molecule has 0 saturated carbocycles. The van der Waals surface area contributed by atoms with Gasteiger partial charge in [-0.2, -0.15) is 5.26 Å². The number of carbonyl (C=O) groups is 1. The lowest BCUT2D eigenvalue weighted by molar-refractivity contribution is 0.0697. The zero-order valence-electron chi connectivity index (χ0n) is 18.8. The third-order valence-electron chi connectivity index (χ3n) is 4.99. The molecular weight excluding hydrogens is 541 g/mol. The molecule has 0 unspecified atom stereocenters. The molecule has 1 N–H and O–H groups in total. The van der Waals surface area contributed by atoms with Gasteiger partial charge in [0.15, 0.2) is 11.5 Å². The minimum absolute atomic E-state index is 0.169. The Labute approximate surface area is 213 Å². The van der Waals surface area contributed by atoms with Gasteiger partial charge in [-0.3, -0.25) is 0 Å². The molecule has 0 aliphatic heterocycles. The lowest BCUT2D eigenvalue weighted by atomic mass is 10.00. The first kappa shape index (κ1) is 25.1. The highest BCUT2D eigenvalue weighted by Crippen LogP contribution is 2.36. The highest BCUT2D eigenvalue weighted by molar-refractivity contribution is 14.1. The van der Waals surface area contributed by atoms with Gasteiger partial charge in [-0.05, 0) is 95.1 Å². The van der Waals surface area contributed by atoms with E-state index in [0.29, 0.717) is 42.3 Å². The number of benzene rings is 3. The van der Waals surface area contributed by atoms with Gasteiger partial charge in [0.05, 0.1) is 23.8 Å². The molecule has 6 heteroatoms. The smallest absolute Gasteiger partial charge is 0.335 e. The molecule has 3 rings (SSSR count). The van der Waals surface area contributed by atoms with E-state index in [2.05, 4.69) is 35.2 Å². The summed E-state index contributed by atoms with van der Waals surface area (Å²) >= 11 is 2.27. The van der Waals surface area contributed by atoms with Crippen LogP contribution in [0.15, 0.2) is 73.3 Å². The predicted molar refractivity (Wildman–Crippen MR) is 142 cm³/mol. The molecule has 0 aliphatic carbocycles. The number of carboxylic acid groups (broad SMARTS) is 1. The highest BCUT2D eigenvalue weighted by atomic mass is 127. The summed E-state index contributed by atoms with van der Waals surface area (Å²) < 4.78 is 13.2. The second-order valence-electron chi connectivity index (χ2n) is 7.40. The molecule has 0 aromatic heterocycles. The van der Waals surface area contributed by atoms with E-state index in [1.165, 1.54) is 12.1 Å². The maximum Gasteiger partial charge on any atom is 0.335 e.